The summed E-state index contributed by atoms with van der Waals surface area (Å²) in [5.74, 6) is -0.979. The van der Waals surface area contributed by atoms with E-state index in [1.165, 1.54) is 36.4 Å². The van der Waals surface area contributed by atoms with Gasteiger partial charge in [0.1, 0.15) is 18.1 Å². The van der Waals surface area contributed by atoms with Crippen LogP contribution in [0.4, 0.5) is 4.39 Å². The number of fused-ring (bicyclic) bond motifs is 1. The highest BCUT2D eigenvalue weighted by molar-refractivity contribution is 7.89. The zero-order valence-corrected chi connectivity index (χ0v) is 17.7. The van der Waals surface area contributed by atoms with E-state index in [-0.39, 0.29) is 27.8 Å². The Morgan fingerprint density at radius 2 is 1.87 bits per heavy atom. The second-order valence-electron chi connectivity index (χ2n) is 7.46. The number of rotatable bonds is 4. The molecule has 2 aromatic carbocycles. The Balaban J connectivity index is 1.71. The maximum atomic E-state index is 14.5. The van der Waals surface area contributed by atoms with E-state index in [4.69, 9.17) is 11.6 Å². The molecule has 0 spiro atoms. The molecule has 1 fully saturated rings. The lowest BCUT2D eigenvalue weighted by Crippen LogP contribution is -2.44. The van der Waals surface area contributed by atoms with Crippen LogP contribution in [0.3, 0.4) is 0 Å². The van der Waals surface area contributed by atoms with Crippen LogP contribution in [0.1, 0.15) is 43.2 Å². The van der Waals surface area contributed by atoms with Gasteiger partial charge in [0, 0.05) is 22.2 Å². The van der Waals surface area contributed by atoms with E-state index in [0.29, 0.717) is 5.02 Å². The molecular weight excluding hydrogens is 429 g/mol. The van der Waals surface area contributed by atoms with Crippen molar-refractivity contribution >= 4 is 33.2 Å². The molecule has 6 nitrogen and oxygen atoms in total. The zero-order valence-electron chi connectivity index (χ0n) is 16.1. The number of sulfonamides is 1. The first-order chi connectivity index (χ1) is 14.4. The third-order valence-corrected chi connectivity index (χ3v) is 7.25. The van der Waals surface area contributed by atoms with Gasteiger partial charge < -0.3 is 5.32 Å². The van der Waals surface area contributed by atoms with Gasteiger partial charge in [0.15, 0.2) is 0 Å². The lowest BCUT2D eigenvalue weighted by Gasteiger charge is -2.28. The van der Waals surface area contributed by atoms with Crippen molar-refractivity contribution in [2.75, 3.05) is 6.54 Å². The highest BCUT2D eigenvalue weighted by Crippen LogP contribution is 2.31. The lowest BCUT2D eigenvalue weighted by atomic mass is 9.95. The first kappa shape index (κ1) is 20.8. The summed E-state index contributed by atoms with van der Waals surface area (Å²) in [4.78, 5) is 12.5. The number of benzene rings is 2. The van der Waals surface area contributed by atoms with Crippen LogP contribution in [-0.2, 0) is 14.8 Å². The number of hydrogen-bond donors (Lipinski definition) is 1. The van der Waals surface area contributed by atoms with Crippen molar-refractivity contribution in [2.45, 2.75) is 43.0 Å². The van der Waals surface area contributed by atoms with Crippen molar-refractivity contribution in [1.29, 1.82) is 0 Å². The maximum Gasteiger partial charge on any atom is 0.280 e. The topological polar surface area (TPSA) is 78.8 Å². The van der Waals surface area contributed by atoms with Gasteiger partial charge in [0.25, 0.3) is 10.0 Å². The molecular formula is C21H21ClFN3O3S. The number of halogens is 2. The van der Waals surface area contributed by atoms with E-state index in [0.717, 1.165) is 36.5 Å². The van der Waals surface area contributed by atoms with Crippen LogP contribution in [0.25, 0.3) is 0 Å². The molecule has 9 heteroatoms. The van der Waals surface area contributed by atoms with Gasteiger partial charge in [-0.2, -0.15) is 17.9 Å². The van der Waals surface area contributed by atoms with Crippen LogP contribution in [0, 0.1) is 5.82 Å². The third kappa shape index (κ3) is 4.06. The Morgan fingerprint density at radius 1 is 1.13 bits per heavy atom. The Bertz CT molecular complexity index is 1110. The van der Waals surface area contributed by atoms with Crippen LogP contribution in [0.15, 0.2) is 52.5 Å². The van der Waals surface area contributed by atoms with E-state index in [1.807, 2.05) is 0 Å². The fourth-order valence-electron chi connectivity index (χ4n) is 3.86. The van der Waals surface area contributed by atoms with Gasteiger partial charge >= 0.3 is 0 Å². The number of hydrazone groups is 1. The van der Waals surface area contributed by atoms with Crippen molar-refractivity contribution in [1.82, 2.24) is 9.73 Å². The number of carbonyl (C=O) groups excluding carboxylic acids is 1. The number of hydrogen-bond acceptors (Lipinski definition) is 4. The summed E-state index contributed by atoms with van der Waals surface area (Å²) < 4.78 is 41.5. The van der Waals surface area contributed by atoms with Crippen LogP contribution in [-0.4, -0.2) is 37.0 Å². The minimum atomic E-state index is -4.09. The van der Waals surface area contributed by atoms with Gasteiger partial charge in [0.2, 0.25) is 5.91 Å². The zero-order chi connectivity index (χ0) is 21.3. The van der Waals surface area contributed by atoms with Crippen LogP contribution in [0.5, 0.6) is 0 Å². The highest BCUT2D eigenvalue weighted by atomic mass is 35.5. The number of nitrogens with zero attached hydrogens (tertiary/aromatic N) is 2. The molecule has 0 bridgehead atoms. The normalized spacial score (nSPS) is 18.5. The molecule has 2 aromatic rings. The molecule has 0 aromatic heterocycles. The van der Waals surface area contributed by atoms with E-state index < -0.39 is 28.3 Å². The maximum absolute atomic E-state index is 14.5. The highest BCUT2D eigenvalue weighted by Gasteiger charge is 2.35. The second-order valence-corrected chi connectivity index (χ2v) is 9.70. The van der Waals surface area contributed by atoms with E-state index in [9.17, 15) is 17.6 Å². The van der Waals surface area contributed by atoms with Gasteiger partial charge in [-0.05, 0) is 43.2 Å². The summed E-state index contributed by atoms with van der Waals surface area (Å²) in [6.07, 6.45) is 4.98. The molecule has 1 heterocycles. The Labute approximate surface area is 179 Å². The molecule has 4 rings (SSSR count). The van der Waals surface area contributed by atoms with Crippen LogP contribution in [0.2, 0.25) is 5.02 Å². The summed E-state index contributed by atoms with van der Waals surface area (Å²) in [5, 5.41) is 7.38. The summed E-state index contributed by atoms with van der Waals surface area (Å²) in [6.45, 7) is -0.473. The molecule has 0 saturated heterocycles. The Morgan fingerprint density at radius 3 is 2.60 bits per heavy atom. The van der Waals surface area contributed by atoms with Crippen LogP contribution < -0.4 is 5.32 Å². The largest absolute Gasteiger partial charge is 0.352 e. The Kier molecular flexibility index (Phi) is 5.79. The fourth-order valence-corrected chi connectivity index (χ4v) is 5.41. The molecule has 1 saturated carbocycles. The minimum absolute atomic E-state index is 0.0415. The SMILES string of the molecule is O=C(CN1N=C(c2ccccc2F)c2cc(Cl)ccc2S1(=O)=O)NC1CCCCC1. The smallest absolute Gasteiger partial charge is 0.280 e. The third-order valence-electron chi connectivity index (χ3n) is 5.34. The summed E-state index contributed by atoms with van der Waals surface area (Å²) in [5.41, 5.74) is 0.455. The summed E-state index contributed by atoms with van der Waals surface area (Å²) >= 11 is 6.07. The lowest BCUT2D eigenvalue weighted by molar-refractivity contribution is -0.122. The standard InChI is InChI=1S/C21H21ClFN3O3S/c22-14-10-11-19-17(12-14)21(16-8-4-5-9-18(16)23)25-26(30(19,28)29)13-20(27)24-15-6-2-1-3-7-15/h4-5,8-12,15H,1-3,6-7,13H2,(H,24,27). The molecule has 0 radical (unpaired) electrons. The molecule has 1 amide bonds. The fraction of sp³-hybridized carbons (Fsp3) is 0.333. The molecule has 1 aliphatic heterocycles. The molecule has 0 atom stereocenters. The van der Waals surface area contributed by atoms with Crippen molar-refractivity contribution in [3.8, 4) is 0 Å². The molecule has 30 heavy (non-hydrogen) atoms. The number of amides is 1. The van der Waals surface area contributed by atoms with Crippen molar-refractivity contribution < 1.29 is 17.6 Å². The Hall–Kier alpha value is -2.45. The summed E-state index contributed by atoms with van der Waals surface area (Å²) in [7, 11) is -4.09. The van der Waals surface area contributed by atoms with Gasteiger partial charge in [-0.15, -0.1) is 0 Å². The first-order valence-electron chi connectivity index (χ1n) is 9.82. The van der Waals surface area contributed by atoms with Gasteiger partial charge in [0.05, 0.1) is 4.90 Å². The average molecular weight is 450 g/mol. The predicted octanol–water partition coefficient (Wildman–Crippen LogP) is 3.68. The first-order valence-corrected chi connectivity index (χ1v) is 11.6. The summed E-state index contributed by atoms with van der Waals surface area (Å²) in [6, 6.07) is 10.2. The predicted molar refractivity (Wildman–Crippen MR) is 112 cm³/mol. The average Bonchev–Trinajstić information content (AvgIpc) is 2.71. The molecule has 1 N–H and O–H groups in total. The van der Waals surface area contributed by atoms with Crippen molar-refractivity contribution in [3.05, 3.63) is 64.4 Å². The van der Waals surface area contributed by atoms with Gasteiger partial charge in [-0.3, -0.25) is 4.79 Å². The molecule has 1 aliphatic carbocycles. The van der Waals surface area contributed by atoms with E-state index in [2.05, 4.69) is 10.4 Å². The van der Waals surface area contributed by atoms with E-state index >= 15 is 0 Å². The number of nitrogens with one attached hydrogen (secondary N) is 1. The van der Waals surface area contributed by atoms with Crippen molar-refractivity contribution in [2.24, 2.45) is 5.10 Å². The second kappa shape index (κ2) is 8.35. The molecule has 2 aliphatic rings. The van der Waals surface area contributed by atoms with Gasteiger partial charge in [-0.1, -0.05) is 43.0 Å². The minimum Gasteiger partial charge on any atom is -0.352 e. The molecule has 158 valence electrons. The monoisotopic (exact) mass is 449 g/mol. The number of carbonyl (C=O) groups is 1. The molecule has 0 unspecified atom stereocenters. The van der Waals surface area contributed by atoms with Gasteiger partial charge in [-0.25, -0.2) is 4.39 Å². The van der Waals surface area contributed by atoms with Crippen molar-refractivity contribution in [3.63, 3.8) is 0 Å². The van der Waals surface area contributed by atoms with E-state index in [1.54, 1.807) is 6.07 Å². The quantitative estimate of drug-likeness (QED) is 0.773. The van der Waals surface area contributed by atoms with Crippen LogP contribution >= 0.6 is 11.6 Å².